The molecular weight excluding hydrogens is 220 g/mol. The number of rotatable bonds is 9. The van der Waals surface area contributed by atoms with Gasteiger partial charge in [-0.05, 0) is 18.4 Å². The van der Waals surface area contributed by atoms with E-state index in [4.69, 9.17) is 0 Å². The minimum Gasteiger partial charge on any atom is -0.303 e. The Morgan fingerprint density at radius 2 is 1.89 bits per heavy atom. The van der Waals surface area contributed by atoms with Crippen molar-refractivity contribution in [2.24, 2.45) is 5.92 Å². The van der Waals surface area contributed by atoms with Gasteiger partial charge in [0.25, 0.3) is 0 Å². The molecule has 0 aliphatic carbocycles. The van der Waals surface area contributed by atoms with Crippen molar-refractivity contribution in [3.8, 4) is 0 Å². The molecular formula is C17H24O. The fourth-order valence-electron chi connectivity index (χ4n) is 2.01. The molecule has 1 nitrogen and oxygen atoms in total. The first-order chi connectivity index (χ1) is 8.86. The third kappa shape index (κ3) is 6.39. The van der Waals surface area contributed by atoms with Crippen LogP contribution in [-0.4, -0.2) is 6.29 Å². The smallest absolute Gasteiger partial charge is 0.126 e. The molecule has 0 aliphatic heterocycles. The van der Waals surface area contributed by atoms with Gasteiger partial charge in [0.2, 0.25) is 0 Å². The van der Waals surface area contributed by atoms with Crippen LogP contribution in [0.15, 0.2) is 42.5 Å². The molecule has 1 atom stereocenters. The van der Waals surface area contributed by atoms with E-state index in [0.29, 0.717) is 0 Å². The van der Waals surface area contributed by atoms with Gasteiger partial charge >= 0.3 is 0 Å². The average molecular weight is 244 g/mol. The van der Waals surface area contributed by atoms with E-state index in [0.717, 1.165) is 25.5 Å². The molecule has 0 aromatic heterocycles. The maximum Gasteiger partial charge on any atom is 0.126 e. The molecule has 0 amide bonds. The van der Waals surface area contributed by atoms with Crippen LogP contribution >= 0.6 is 0 Å². The van der Waals surface area contributed by atoms with Gasteiger partial charge in [0.15, 0.2) is 0 Å². The molecule has 0 saturated heterocycles. The zero-order valence-corrected chi connectivity index (χ0v) is 11.3. The molecule has 0 heterocycles. The highest BCUT2D eigenvalue weighted by molar-refractivity contribution is 5.56. The van der Waals surface area contributed by atoms with Gasteiger partial charge in [-0.3, -0.25) is 0 Å². The number of aldehydes is 1. The van der Waals surface area contributed by atoms with Crippen LogP contribution in [0.25, 0.3) is 0 Å². The third-order valence-electron chi connectivity index (χ3n) is 3.15. The zero-order valence-electron chi connectivity index (χ0n) is 11.3. The van der Waals surface area contributed by atoms with Gasteiger partial charge in [-0.2, -0.15) is 0 Å². The number of hydrogen-bond donors (Lipinski definition) is 0. The van der Waals surface area contributed by atoms with E-state index in [1.807, 2.05) is 18.2 Å². The quantitative estimate of drug-likeness (QED) is 0.353. The van der Waals surface area contributed by atoms with Crippen LogP contribution < -0.4 is 0 Å². The number of allylic oxidation sites excluding steroid dienone is 2. The maximum atomic E-state index is 11.0. The second-order valence-electron chi connectivity index (χ2n) is 4.77. The van der Waals surface area contributed by atoms with Crippen molar-refractivity contribution in [3.63, 3.8) is 0 Å². The molecule has 0 N–H and O–H groups in total. The SMILES string of the molecule is CCCCCC[C@H](C=O)/C=C/Cc1ccccc1. The summed E-state index contributed by atoms with van der Waals surface area (Å²) in [6.07, 6.45) is 12.1. The molecule has 0 radical (unpaired) electrons. The standard InChI is InChI=1S/C17H24O/c1-2-3-4-6-12-17(15-18)14-9-13-16-10-7-5-8-11-16/h5,7-11,14-15,17H,2-4,6,12-13H2,1H3/b14-9+/t17-/m0/s1. The van der Waals surface area contributed by atoms with E-state index in [-0.39, 0.29) is 5.92 Å². The van der Waals surface area contributed by atoms with E-state index < -0.39 is 0 Å². The van der Waals surface area contributed by atoms with Crippen LogP contribution in [-0.2, 0) is 11.2 Å². The van der Waals surface area contributed by atoms with Crippen molar-refractivity contribution >= 4 is 6.29 Å². The number of unbranched alkanes of at least 4 members (excludes halogenated alkanes) is 3. The lowest BCUT2D eigenvalue weighted by atomic mass is 10.0. The van der Waals surface area contributed by atoms with Crippen LogP contribution in [0.3, 0.4) is 0 Å². The molecule has 18 heavy (non-hydrogen) atoms. The minimum atomic E-state index is 0.102. The Kier molecular flexibility index (Phi) is 7.87. The van der Waals surface area contributed by atoms with Crippen LogP contribution in [0.4, 0.5) is 0 Å². The Balaban J connectivity index is 2.27. The normalized spacial score (nSPS) is 12.7. The van der Waals surface area contributed by atoms with Gasteiger partial charge in [-0.15, -0.1) is 0 Å². The Bertz CT molecular complexity index is 340. The molecule has 1 aromatic rings. The predicted molar refractivity (Wildman–Crippen MR) is 77.6 cm³/mol. The van der Waals surface area contributed by atoms with Crippen LogP contribution in [0.1, 0.15) is 44.6 Å². The van der Waals surface area contributed by atoms with E-state index in [1.165, 1.54) is 24.8 Å². The number of hydrogen-bond acceptors (Lipinski definition) is 1. The summed E-state index contributed by atoms with van der Waals surface area (Å²) < 4.78 is 0. The van der Waals surface area contributed by atoms with E-state index in [2.05, 4.69) is 31.2 Å². The Hall–Kier alpha value is -1.37. The lowest BCUT2D eigenvalue weighted by Gasteiger charge is -2.04. The van der Waals surface area contributed by atoms with Crippen molar-refractivity contribution in [2.75, 3.05) is 0 Å². The maximum absolute atomic E-state index is 11.0. The summed E-state index contributed by atoms with van der Waals surface area (Å²) in [5, 5.41) is 0. The number of benzene rings is 1. The molecule has 0 unspecified atom stereocenters. The Labute approximate surface area is 111 Å². The van der Waals surface area contributed by atoms with Gasteiger partial charge in [-0.25, -0.2) is 0 Å². The fraction of sp³-hybridized carbons (Fsp3) is 0.471. The first-order valence-electron chi connectivity index (χ1n) is 7.02. The molecule has 1 rings (SSSR count). The van der Waals surface area contributed by atoms with Crippen molar-refractivity contribution in [3.05, 3.63) is 48.0 Å². The van der Waals surface area contributed by atoms with E-state index in [1.54, 1.807) is 0 Å². The van der Waals surface area contributed by atoms with Crippen LogP contribution in [0, 0.1) is 5.92 Å². The fourth-order valence-corrected chi connectivity index (χ4v) is 2.01. The van der Waals surface area contributed by atoms with Gasteiger partial charge in [0.1, 0.15) is 6.29 Å². The number of carbonyl (C=O) groups excluding carboxylic acids is 1. The molecule has 98 valence electrons. The van der Waals surface area contributed by atoms with Crippen molar-refractivity contribution < 1.29 is 4.79 Å². The monoisotopic (exact) mass is 244 g/mol. The average Bonchev–Trinajstić information content (AvgIpc) is 2.42. The van der Waals surface area contributed by atoms with Crippen LogP contribution in [0.2, 0.25) is 0 Å². The first kappa shape index (κ1) is 14.7. The highest BCUT2D eigenvalue weighted by Gasteiger charge is 2.01. The summed E-state index contributed by atoms with van der Waals surface area (Å²) in [6, 6.07) is 10.3. The summed E-state index contributed by atoms with van der Waals surface area (Å²) in [7, 11) is 0. The highest BCUT2D eigenvalue weighted by atomic mass is 16.1. The molecule has 0 spiro atoms. The molecule has 0 saturated carbocycles. The lowest BCUT2D eigenvalue weighted by Crippen LogP contribution is -1.98. The molecule has 1 heteroatoms. The predicted octanol–water partition coefficient (Wildman–Crippen LogP) is 4.57. The summed E-state index contributed by atoms with van der Waals surface area (Å²) >= 11 is 0. The van der Waals surface area contributed by atoms with Gasteiger partial charge < -0.3 is 4.79 Å². The molecule has 0 fully saturated rings. The van der Waals surface area contributed by atoms with Crippen molar-refractivity contribution in [1.29, 1.82) is 0 Å². The van der Waals surface area contributed by atoms with Crippen molar-refractivity contribution in [1.82, 2.24) is 0 Å². The molecule has 1 aromatic carbocycles. The van der Waals surface area contributed by atoms with Gasteiger partial charge in [0, 0.05) is 5.92 Å². The summed E-state index contributed by atoms with van der Waals surface area (Å²) in [4.78, 5) is 11.0. The summed E-state index contributed by atoms with van der Waals surface area (Å²) in [6.45, 7) is 2.21. The summed E-state index contributed by atoms with van der Waals surface area (Å²) in [5.41, 5.74) is 1.30. The Morgan fingerprint density at radius 1 is 1.11 bits per heavy atom. The van der Waals surface area contributed by atoms with Crippen LogP contribution in [0.5, 0.6) is 0 Å². The van der Waals surface area contributed by atoms with E-state index in [9.17, 15) is 4.79 Å². The topological polar surface area (TPSA) is 17.1 Å². The highest BCUT2D eigenvalue weighted by Crippen LogP contribution is 2.11. The minimum absolute atomic E-state index is 0.102. The second-order valence-corrected chi connectivity index (χ2v) is 4.77. The second kappa shape index (κ2) is 9.64. The largest absolute Gasteiger partial charge is 0.303 e. The third-order valence-corrected chi connectivity index (χ3v) is 3.15. The Morgan fingerprint density at radius 3 is 2.56 bits per heavy atom. The van der Waals surface area contributed by atoms with Gasteiger partial charge in [0.05, 0.1) is 0 Å². The lowest BCUT2D eigenvalue weighted by molar-refractivity contribution is -0.110. The van der Waals surface area contributed by atoms with Crippen molar-refractivity contribution in [2.45, 2.75) is 45.4 Å². The zero-order chi connectivity index (χ0) is 13.1. The number of carbonyl (C=O) groups is 1. The molecule has 0 aliphatic rings. The van der Waals surface area contributed by atoms with Gasteiger partial charge in [-0.1, -0.05) is 75.1 Å². The van der Waals surface area contributed by atoms with E-state index >= 15 is 0 Å². The first-order valence-corrected chi connectivity index (χ1v) is 7.02. The molecule has 0 bridgehead atoms. The summed E-state index contributed by atoms with van der Waals surface area (Å²) in [5.74, 6) is 0.102.